The van der Waals surface area contributed by atoms with Crippen LogP contribution in [0.3, 0.4) is 0 Å². The topological polar surface area (TPSA) is 52.6 Å². The minimum absolute atomic E-state index is 0.0977. The molecule has 0 spiro atoms. The van der Waals surface area contributed by atoms with Gasteiger partial charge in [0.05, 0.1) is 11.7 Å². The summed E-state index contributed by atoms with van der Waals surface area (Å²) in [5, 5.41) is 13.0. The van der Waals surface area contributed by atoms with Gasteiger partial charge in [0.2, 0.25) is 5.91 Å². The molecule has 1 atom stereocenters. The summed E-state index contributed by atoms with van der Waals surface area (Å²) in [5.74, 6) is -0.250. The molecule has 1 heterocycles. The Balaban J connectivity index is 1.46. The summed E-state index contributed by atoms with van der Waals surface area (Å²) in [4.78, 5) is 14.2. The van der Waals surface area contributed by atoms with Crippen LogP contribution in [0.4, 0.5) is 18.9 Å². The number of amides is 1. The number of aliphatic hydroxyl groups is 1. The van der Waals surface area contributed by atoms with E-state index in [0.717, 1.165) is 36.3 Å². The first kappa shape index (κ1) is 20.2. The van der Waals surface area contributed by atoms with E-state index in [1.807, 2.05) is 25.2 Å². The van der Waals surface area contributed by atoms with E-state index in [2.05, 4.69) is 10.2 Å². The molecule has 0 bridgehead atoms. The molecule has 0 saturated carbocycles. The van der Waals surface area contributed by atoms with Crippen LogP contribution in [0.5, 0.6) is 0 Å². The zero-order chi connectivity index (χ0) is 20.3. The number of halogens is 3. The van der Waals surface area contributed by atoms with Crippen LogP contribution in [-0.4, -0.2) is 31.2 Å². The Hall–Kier alpha value is -2.54. The second kappa shape index (κ2) is 8.22. The van der Waals surface area contributed by atoms with Crippen molar-refractivity contribution >= 4 is 11.6 Å². The molecule has 1 aliphatic rings. The van der Waals surface area contributed by atoms with Crippen LogP contribution in [0.2, 0.25) is 0 Å². The van der Waals surface area contributed by atoms with E-state index in [9.17, 15) is 23.1 Å². The van der Waals surface area contributed by atoms with E-state index in [4.69, 9.17) is 0 Å². The minimum atomic E-state index is -4.36. The van der Waals surface area contributed by atoms with Crippen LogP contribution in [0.15, 0.2) is 42.5 Å². The number of likely N-dealkylation sites (N-methyl/N-ethyl adjacent to an activating group) is 1. The molecule has 0 radical (unpaired) electrons. The molecule has 4 nitrogen and oxygen atoms in total. The van der Waals surface area contributed by atoms with Crippen molar-refractivity contribution in [1.82, 2.24) is 5.32 Å². The summed E-state index contributed by atoms with van der Waals surface area (Å²) in [6.07, 6.45) is -3.74. The first-order chi connectivity index (χ1) is 13.2. The van der Waals surface area contributed by atoms with Crippen molar-refractivity contribution in [2.75, 3.05) is 25.0 Å². The Morgan fingerprint density at radius 1 is 1.21 bits per heavy atom. The van der Waals surface area contributed by atoms with Gasteiger partial charge >= 0.3 is 6.18 Å². The Morgan fingerprint density at radius 3 is 2.61 bits per heavy atom. The number of fused-ring (bicyclic) bond motifs is 1. The molecule has 1 amide bonds. The van der Waals surface area contributed by atoms with Gasteiger partial charge in [0.15, 0.2) is 0 Å². The fraction of sp³-hybridized carbons (Fsp3) is 0.381. The molecule has 28 heavy (non-hydrogen) atoms. The van der Waals surface area contributed by atoms with Gasteiger partial charge in [-0.05, 0) is 47.7 Å². The summed E-state index contributed by atoms with van der Waals surface area (Å²) in [7, 11) is 2.03. The summed E-state index contributed by atoms with van der Waals surface area (Å²) in [5.41, 5.74) is 3.07. The molecular formula is C21H23F3N2O2. The van der Waals surface area contributed by atoms with Gasteiger partial charge in [-0.1, -0.05) is 24.3 Å². The number of anilines is 1. The Kier molecular flexibility index (Phi) is 5.93. The lowest BCUT2D eigenvalue weighted by molar-refractivity contribution is -0.137. The third kappa shape index (κ3) is 4.84. The normalized spacial score (nSPS) is 14.7. The summed E-state index contributed by atoms with van der Waals surface area (Å²) < 4.78 is 37.7. The lowest BCUT2D eigenvalue weighted by Crippen LogP contribution is -2.28. The Labute approximate surface area is 162 Å². The quantitative estimate of drug-likeness (QED) is 0.792. The van der Waals surface area contributed by atoms with Crippen molar-refractivity contribution in [2.45, 2.75) is 31.5 Å². The number of hydrogen-bond donors (Lipinski definition) is 2. The zero-order valence-electron chi connectivity index (χ0n) is 15.6. The molecular weight excluding hydrogens is 369 g/mol. The highest BCUT2D eigenvalue weighted by atomic mass is 19.4. The third-order valence-electron chi connectivity index (χ3n) is 5.03. The van der Waals surface area contributed by atoms with E-state index in [-0.39, 0.29) is 18.9 Å². The van der Waals surface area contributed by atoms with Crippen LogP contribution in [0.25, 0.3) is 0 Å². The molecule has 2 aromatic rings. The highest BCUT2D eigenvalue weighted by Gasteiger charge is 2.29. The molecule has 0 unspecified atom stereocenters. The van der Waals surface area contributed by atoms with Crippen molar-refractivity contribution in [2.24, 2.45) is 0 Å². The maximum atomic E-state index is 12.6. The number of nitrogens with zero attached hydrogens (tertiary/aromatic N) is 1. The zero-order valence-corrected chi connectivity index (χ0v) is 15.6. The minimum Gasteiger partial charge on any atom is -0.387 e. The van der Waals surface area contributed by atoms with Crippen molar-refractivity contribution in [3.05, 3.63) is 64.7 Å². The molecule has 0 saturated heterocycles. The predicted molar refractivity (Wildman–Crippen MR) is 101 cm³/mol. The number of hydrogen-bond acceptors (Lipinski definition) is 3. The summed E-state index contributed by atoms with van der Waals surface area (Å²) in [6, 6.07) is 10.6. The highest BCUT2D eigenvalue weighted by Crippen LogP contribution is 2.30. The maximum Gasteiger partial charge on any atom is 0.416 e. The van der Waals surface area contributed by atoms with Crippen LogP contribution >= 0.6 is 0 Å². The number of aliphatic hydroxyl groups excluding tert-OH is 1. The van der Waals surface area contributed by atoms with Crippen LogP contribution < -0.4 is 10.2 Å². The number of carbonyl (C=O) groups excluding carboxylic acids is 1. The van der Waals surface area contributed by atoms with E-state index in [1.54, 1.807) is 0 Å². The third-order valence-corrected chi connectivity index (χ3v) is 5.03. The van der Waals surface area contributed by atoms with Gasteiger partial charge in [-0.3, -0.25) is 4.79 Å². The average Bonchev–Trinajstić information content (AvgIpc) is 3.04. The highest BCUT2D eigenvalue weighted by molar-refractivity contribution is 5.76. The number of carbonyl (C=O) groups is 1. The molecule has 150 valence electrons. The number of alkyl halides is 3. The number of rotatable bonds is 6. The molecule has 0 aromatic heterocycles. The SMILES string of the molecule is CN1CCc2cc([C@H](O)CNC(=O)CCc3ccc(C(F)(F)F)cc3)ccc21. The predicted octanol–water partition coefficient (Wildman–Crippen LogP) is 3.48. The molecule has 0 fully saturated rings. The van der Waals surface area contributed by atoms with Gasteiger partial charge in [-0.15, -0.1) is 0 Å². The Bertz CT molecular complexity index is 835. The van der Waals surface area contributed by atoms with Gasteiger partial charge in [-0.25, -0.2) is 0 Å². The van der Waals surface area contributed by atoms with Crippen molar-refractivity contribution in [1.29, 1.82) is 0 Å². The molecule has 2 aromatic carbocycles. The number of nitrogens with one attached hydrogen (secondary N) is 1. The van der Waals surface area contributed by atoms with Crippen molar-refractivity contribution in [3.8, 4) is 0 Å². The van der Waals surface area contributed by atoms with Gasteiger partial charge in [0, 0.05) is 32.2 Å². The van der Waals surface area contributed by atoms with Crippen LogP contribution in [0.1, 0.15) is 34.8 Å². The van der Waals surface area contributed by atoms with Crippen molar-refractivity contribution in [3.63, 3.8) is 0 Å². The Morgan fingerprint density at radius 2 is 1.93 bits per heavy atom. The number of benzene rings is 2. The molecule has 3 rings (SSSR count). The maximum absolute atomic E-state index is 12.6. The fourth-order valence-corrected chi connectivity index (χ4v) is 3.33. The van der Waals surface area contributed by atoms with E-state index in [0.29, 0.717) is 12.0 Å². The average molecular weight is 392 g/mol. The smallest absolute Gasteiger partial charge is 0.387 e. The molecule has 2 N–H and O–H groups in total. The van der Waals surface area contributed by atoms with Crippen LogP contribution in [0, 0.1) is 0 Å². The monoisotopic (exact) mass is 392 g/mol. The van der Waals surface area contributed by atoms with E-state index < -0.39 is 17.8 Å². The lowest BCUT2D eigenvalue weighted by atomic mass is 10.0. The first-order valence-electron chi connectivity index (χ1n) is 9.19. The molecule has 7 heteroatoms. The lowest BCUT2D eigenvalue weighted by Gasteiger charge is -2.15. The van der Waals surface area contributed by atoms with Gasteiger partial charge in [0.1, 0.15) is 0 Å². The first-order valence-corrected chi connectivity index (χ1v) is 9.19. The van der Waals surface area contributed by atoms with Gasteiger partial charge in [0.25, 0.3) is 0 Å². The van der Waals surface area contributed by atoms with Crippen LogP contribution in [-0.2, 0) is 23.8 Å². The van der Waals surface area contributed by atoms with E-state index >= 15 is 0 Å². The second-order valence-electron chi connectivity index (χ2n) is 7.07. The number of aryl methyl sites for hydroxylation is 1. The second-order valence-corrected chi connectivity index (χ2v) is 7.07. The molecule has 0 aliphatic carbocycles. The standard InChI is InChI=1S/C21H23F3N2O2/c1-26-11-10-15-12-16(5-8-18(15)26)19(27)13-25-20(28)9-4-14-2-6-17(7-3-14)21(22,23)24/h2-3,5-8,12,19,27H,4,9-11,13H2,1H3,(H,25,28)/t19-/m1/s1. The summed E-state index contributed by atoms with van der Waals surface area (Å²) >= 11 is 0. The van der Waals surface area contributed by atoms with E-state index in [1.165, 1.54) is 17.7 Å². The molecule has 1 aliphatic heterocycles. The largest absolute Gasteiger partial charge is 0.416 e. The van der Waals surface area contributed by atoms with Gasteiger partial charge < -0.3 is 15.3 Å². The van der Waals surface area contributed by atoms with Crippen molar-refractivity contribution < 1.29 is 23.1 Å². The van der Waals surface area contributed by atoms with Gasteiger partial charge in [-0.2, -0.15) is 13.2 Å². The summed E-state index contributed by atoms with van der Waals surface area (Å²) in [6.45, 7) is 1.05. The fourth-order valence-electron chi connectivity index (χ4n) is 3.33.